The fraction of sp³-hybridized carbons (Fsp3) is 0.185. The van der Waals surface area contributed by atoms with E-state index in [1.807, 2.05) is 41.8 Å². The number of carbonyl (C=O) groups is 1. The van der Waals surface area contributed by atoms with Crippen molar-refractivity contribution in [1.82, 2.24) is 15.4 Å². The van der Waals surface area contributed by atoms with Crippen LogP contribution in [-0.2, 0) is 17.6 Å². The lowest BCUT2D eigenvalue weighted by atomic mass is 9.89. The summed E-state index contributed by atoms with van der Waals surface area (Å²) in [5.74, 6) is -0.180. The van der Waals surface area contributed by atoms with Crippen molar-refractivity contribution in [1.29, 1.82) is 0 Å². The van der Waals surface area contributed by atoms with Crippen LogP contribution in [0.25, 0.3) is 27.4 Å². The van der Waals surface area contributed by atoms with E-state index in [2.05, 4.69) is 38.7 Å². The number of H-pyrrole nitrogens is 1. The van der Waals surface area contributed by atoms with E-state index in [0.717, 1.165) is 29.5 Å². The van der Waals surface area contributed by atoms with Gasteiger partial charge in [-0.2, -0.15) is 5.10 Å². The third-order valence-corrected chi connectivity index (χ3v) is 7.61. The molecule has 2 aromatic heterocycles. The second-order valence-electron chi connectivity index (χ2n) is 8.26. The first-order valence-corrected chi connectivity index (χ1v) is 13.3. The van der Waals surface area contributed by atoms with Gasteiger partial charge < -0.3 is 4.98 Å². The zero-order valence-corrected chi connectivity index (χ0v) is 20.6. The number of carbonyl (C=O) groups excluding carboxylic acids is 1. The van der Waals surface area contributed by atoms with Crippen molar-refractivity contribution >= 4 is 51.5 Å². The number of aromatic amines is 1. The van der Waals surface area contributed by atoms with Crippen LogP contribution in [0.1, 0.15) is 29.5 Å². The van der Waals surface area contributed by atoms with E-state index in [0.29, 0.717) is 15.4 Å². The first-order chi connectivity index (χ1) is 17.2. The standard InChI is InChI=1S/C27H24N4O2S2/c32-23(31-28-14-6-9-18-7-2-1-3-8-18)17-35-27-29-25(33)24-22(16-34-26(24)30-27)21-13-12-19-10-4-5-11-20(19)15-21/h1-3,6-9,12-16H,4-5,10-11,17H2,(H,31,32)(H,29,30,33)/b9-6+,28-14+. The van der Waals surface area contributed by atoms with Gasteiger partial charge in [-0.3, -0.25) is 9.59 Å². The molecule has 35 heavy (non-hydrogen) atoms. The molecule has 0 saturated carbocycles. The van der Waals surface area contributed by atoms with Gasteiger partial charge in [0.2, 0.25) is 0 Å². The van der Waals surface area contributed by atoms with Crippen LogP contribution in [0.3, 0.4) is 0 Å². The summed E-state index contributed by atoms with van der Waals surface area (Å²) >= 11 is 2.63. The quantitative estimate of drug-likeness (QED) is 0.153. The molecule has 2 aromatic carbocycles. The Morgan fingerprint density at radius 1 is 1.14 bits per heavy atom. The van der Waals surface area contributed by atoms with Gasteiger partial charge in [-0.15, -0.1) is 11.3 Å². The van der Waals surface area contributed by atoms with Gasteiger partial charge in [0.25, 0.3) is 11.5 Å². The summed E-state index contributed by atoms with van der Waals surface area (Å²) in [7, 11) is 0. The van der Waals surface area contributed by atoms with Crippen LogP contribution >= 0.6 is 23.1 Å². The minimum atomic E-state index is -0.275. The highest BCUT2D eigenvalue weighted by Crippen LogP contribution is 2.34. The molecule has 0 atom stereocenters. The summed E-state index contributed by atoms with van der Waals surface area (Å²) in [5, 5.41) is 6.94. The molecule has 0 bridgehead atoms. The number of nitrogens with zero attached hydrogens (tertiary/aromatic N) is 2. The number of aromatic nitrogens is 2. The smallest absolute Gasteiger partial charge is 0.260 e. The van der Waals surface area contributed by atoms with E-state index in [4.69, 9.17) is 0 Å². The average Bonchev–Trinajstić information content (AvgIpc) is 3.32. The molecule has 1 amide bonds. The third kappa shape index (κ3) is 5.61. The van der Waals surface area contributed by atoms with Crippen LogP contribution in [0.2, 0.25) is 0 Å². The lowest BCUT2D eigenvalue weighted by Crippen LogP contribution is -2.20. The van der Waals surface area contributed by atoms with Crippen LogP contribution in [0, 0.1) is 0 Å². The van der Waals surface area contributed by atoms with Gasteiger partial charge in [-0.05, 0) is 54.0 Å². The van der Waals surface area contributed by atoms with Crippen LogP contribution in [0.4, 0.5) is 0 Å². The molecule has 0 radical (unpaired) electrons. The van der Waals surface area contributed by atoms with E-state index in [1.54, 1.807) is 6.08 Å². The molecule has 0 fully saturated rings. The first-order valence-electron chi connectivity index (χ1n) is 11.5. The summed E-state index contributed by atoms with van der Waals surface area (Å²) in [6, 6.07) is 16.3. The molecule has 1 aliphatic rings. The molecule has 2 N–H and O–H groups in total. The monoisotopic (exact) mass is 500 g/mol. The zero-order valence-electron chi connectivity index (χ0n) is 19.0. The number of nitrogens with one attached hydrogen (secondary N) is 2. The Hall–Kier alpha value is -3.49. The van der Waals surface area contributed by atoms with Crippen molar-refractivity contribution in [3.63, 3.8) is 0 Å². The van der Waals surface area contributed by atoms with Gasteiger partial charge in [-0.1, -0.05) is 66.4 Å². The normalized spacial score (nSPS) is 13.5. The van der Waals surface area contributed by atoms with E-state index in [9.17, 15) is 9.59 Å². The minimum absolute atomic E-state index is 0.0945. The number of aryl methyl sites for hydroxylation is 2. The van der Waals surface area contributed by atoms with Crippen molar-refractivity contribution < 1.29 is 4.79 Å². The SMILES string of the molecule is O=C(CSc1nc2scc(-c3ccc4c(c3)CCCC4)c2c(=O)[nH]1)N/N=C/C=C/c1ccccc1. The molecule has 0 unspecified atom stereocenters. The molecule has 0 aliphatic heterocycles. The van der Waals surface area contributed by atoms with Gasteiger partial charge in [0.15, 0.2) is 5.16 Å². The van der Waals surface area contributed by atoms with Gasteiger partial charge in [0.1, 0.15) is 4.83 Å². The summed E-state index contributed by atoms with van der Waals surface area (Å²) < 4.78 is 0. The Kier molecular flexibility index (Phi) is 7.20. The summed E-state index contributed by atoms with van der Waals surface area (Å²) in [4.78, 5) is 33.1. The molecule has 2 heterocycles. The highest BCUT2D eigenvalue weighted by molar-refractivity contribution is 7.99. The number of fused-ring (bicyclic) bond motifs is 2. The number of amides is 1. The number of hydrogen-bond acceptors (Lipinski definition) is 6. The van der Waals surface area contributed by atoms with E-state index in [-0.39, 0.29) is 17.2 Å². The molecular weight excluding hydrogens is 476 g/mol. The van der Waals surface area contributed by atoms with Crippen molar-refractivity contribution in [2.24, 2.45) is 5.10 Å². The van der Waals surface area contributed by atoms with Crippen LogP contribution in [0.15, 0.2) is 75.0 Å². The van der Waals surface area contributed by atoms with Crippen LogP contribution in [-0.4, -0.2) is 27.8 Å². The predicted molar refractivity (Wildman–Crippen MR) is 145 cm³/mol. The number of hydrogen-bond donors (Lipinski definition) is 2. The maximum Gasteiger partial charge on any atom is 0.260 e. The topological polar surface area (TPSA) is 87.2 Å². The lowest BCUT2D eigenvalue weighted by Gasteiger charge is -2.16. The van der Waals surface area contributed by atoms with E-state index >= 15 is 0 Å². The van der Waals surface area contributed by atoms with Crippen molar-refractivity contribution in [3.8, 4) is 11.1 Å². The summed E-state index contributed by atoms with van der Waals surface area (Å²) in [6.45, 7) is 0. The third-order valence-electron chi connectivity index (χ3n) is 5.86. The highest BCUT2D eigenvalue weighted by atomic mass is 32.2. The number of benzene rings is 2. The maximum atomic E-state index is 12.9. The largest absolute Gasteiger partial charge is 0.301 e. The van der Waals surface area contributed by atoms with Gasteiger partial charge in [-0.25, -0.2) is 10.4 Å². The summed E-state index contributed by atoms with van der Waals surface area (Å²) in [5.41, 5.74) is 8.12. The maximum absolute atomic E-state index is 12.9. The molecule has 176 valence electrons. The highest BCUT2D eigenvalue weighted by Gasteiger charge is 2.16. The van der Waals surface area contributed by atoms with E-state index in [1.165, 1.54) is 53.3 Å². The van der Waals surface area contributed by atoms with Gasteiger partial charge in [0, 0.05) is 17.2 Å². The van der Waals surface area contributed by atoms with Gasteiger partial charge >= 0.3 is 0 Å². The lowest BCUT2D eigenvalue weighted by molar-refractivity contribution is -0.118. The van der Waals surface area contributed by atoms with Crippen molar-refractivity contribution in [2.45, 2.75) is 30.8 Å². The van der Waals surface area contributed by atoms with Crippen molar-refractivity contribution in [2.75, 3.05) is 5.75 Å². The molecule has 0 spiro atoms. The van der Waals surface area contributed by atoms with Gasteiger partial charge in [0.05, 0.1) is 11.1 Å². The van der Waals surface area contributed by atoms with Crippen LogP contribution in [0.5, 0.6) is 0 Å². The number of thioether (sulfide) groups is 1. The second-order valence-corrected chi connectivity index (χ2v) is 10.1. The van der Waals surface area contributed by atoms with Crippen molar-refractivity contribution in [3.05, 3.63) is 87.0 Å². The number of rotatable bonds is 7. The number of hydrazone groups is 1. The molecule has 1 aliphatic carbocycles. The average molecular weight is 501 g/mol. The molecule has 0 saturated heterocycles. The predicted octanol–water partition coefficient (Wildman–Crippen LogP) is 5.44. The minimum Gasteiger partial charge on any atom is -0.301 e. The molecule has 5 rings (SSSR count). The molecule has 8 heteroatoms. The Bertz CT molecular complexity index is 1470. The Balaban J connectivity index is 1.22. The molecule has 6 nitrogen and oxygen atoms in total. The van der Waals surface area contributed by atoms with Crippen LogP contribution < -0.4 is 11.0 Å². The Morgan fingerprint density at radius 3 is 2.83 bits per heavy atom. The van der Waals surface area contributed by atoms with E-state index < -0.39 is 0 Å². The number of allylic oxidation sites excluding steroid dienone is 1. The Labute approximate surface area is 211 Å². The number of thiophene rings is 1. The Morgan fingerprint density at radius 2 is 1.97 bits per heavy atom. The fourth-order valence-corrected chi connectivity index (χ4v) is 5.81. The zero-order chi connectivity index (χ0) is 24.0. The first kappa shape index (κ1) is 23.3. The molecular formula is C27H24N4O2S2. The second kappa shape index (κ2) is 10.8. The summed E-state index contributed by atoms with van der Waals surface area (Å²) in [6.07, 6.45) is 9.86. The fourth-order valence-electron chi connectivity index (χ4n) is 4.15. The molecule has 4 aromatic rings.